The number of cyclic esters (lactones) is 1. The van der Waals surface area contributed by atoms with Gasteiger partial charge in [-0.1, -0.05) is 113 Å². The van der Waals surface area contributed by atoms with Crippen LogP contribution in [0.5, 0.6) is 5.75 Å². The molecule has 4 rings (SSSR count). The number of carbonyl (C=O) groups is 1. The third kappa shape index (κ3) is 7.37. The zero-order valence-electron chi connectivity index (χ0n) is 25.2. The van der Waals surface area contributed by atoms with Crippen molar-refractivity contribution < 1.29 is 23.4 Å². The van der Waals surface area contributed by atoms with Crippen LogP contribution < -0.4 is 15.1 Å². The zero-order valence-corrected chi connectivity index (χ0v) is 26.2. The van der Waals surface area contributed by atoms with Gasteiger partial charge in [0.05, 0.1) is 26.2 Å². The fraction of sp³-hybridized carbons (Fsp3) is 0.400. The number of ether oxygens (including phenoxy) is 3. The quantitative estimate of drug-likeness (QED) is 0.162. The smallest absolute Gasteiger partial charge is 0.309 e. The van der Waals surface area contributed by atoms with Crippen LogP contribution in [0.15, 0.2) is 97.1 Å². The Labute approximate surface area is 246 Å². The van der Waals surface area contributed by atoms with Crippen molar-refractivity contribution in [3.05, 3.63) is 103 Å². The molecule has 3 aromatic rings. The van der Waals surface area contributed by atoms with Crippen LogP contribution >= 0.6 is 0 Å². The fourth-order valence-electron chi connectivity index (χ4n) is 5.55. The van der Waals surface area contributed by atoms with E-state index in [1.165, 1.54) is 10.4 Å². The first-order valence-corrected chi connectivity index (χ1v) is 16.4. The molecular formula is C35H44O5Si. The van der Waals surface area contributed by atoms with Crippen LogP contribution in [0.1, 0.15) is 46.6 Å². The molecule has 41 heavy (non-hydrogen) atoms. The van der Waals surface area contributed by atoms with Crippen molar-refractivity contribution in [1.29, 1.82) is 0 Å². The van der Waals surface area contributed by atoms with E-state index >= 15 is 0 Å². The molecule has 5 nitrogen and oxygen atoms in total. The molecule has 0 saturated carbocycles. The summed E-state index contributed by atoms with van der Waals surface area (Å²) in [7, 11) is -1.03. The number of hydrogen-bond donors (Lipinski definition) is 0. The van der Waals surface area contributed by atoms with Crippen molar-refractivity contribution in [2.24, 2.45) is 11.8 Å². The predicted octanol–water partition coefficient (Wildman–Crippen LogP) is 6.30. The summed E-state index contributed by atoms with van der Waals surface area (Å²) in [5, 5.41) is 2.36. The number of rotatable bonds is 10. The minimum Gasteiger partial charge on any atom is -0.497 e. The zero-order chi connectivity index (χ0) is 29.5. The highest BCUT2D eigenvalue weighted by molar-refractivity contribution is 6.99. The highest BCUT2D eigenvalue weighted by Gasteiger charge is 2.50. The summed E-state index contributed by atoms with van der Waals surface area (Å²) >= 11 is 0. The summed E-state index contributed by atoms with van der Waals surface area (Å²) < 4.78 is 24.5. The first-order chi connectivity index (χ1) is 19.6. The van der Waals surface area contributed by atoms with Gasteiger partial charge in [-0.25, -0.2) is 0 Å². The second-order valence-corrected chi connectivity index (χ2v) is 16.4. The van der Waals surface area contributed by atoms with Gasteiger partial charge in [0.15, 0.2) is 0 Å². The van der Waals surface area contributed by atoms with Crippen molar-refractivity contribution >= 4 is 24.7 Å². The molecule has 0 unspecified atom stereocenters. The summed E-state index contributed by atoms with van der Waals surface area (Å²) in [4.78, 5) is 13.0. The summed E-state index contributed by atoms with van der Waals surface area (Å²) in [6, 6.07) is 29.0. The van der Waals surface area contributed by atoms with Crippen LogP contribution in [0, 0.1) is 11.8 Å². The fourth-order valence-corrected chi connectivity index (χ4v) is 10.2. The maximum absolute atomic E-state index is 13.0. The molecule has 0 spiro atoms. The molecule has 3 aromatic carbocycles. The molecule has 0 fully saturated rings. The van der Waals surface area contributed by atoms with Crippen molar-refractivity contribution in [2.75, 3.05) is 13.7 Å². The van der Waals surface area contributed by atoms with E-state index in [1.807, 2.05) is 42.5 Å². The van der Waals surface area contributed by atoms with Gasteiger partial charge in [0.2, 0.25) is 0 Å². The lowest BCUT2D eigenvalue weighted by molar-refractivity contribution is -0.154. The molecule has 0 bridgehead atoms. The number of hydrogen-bond acceptors (Lipinski definition) is 5. The van der Waals surface area contributed by atoms with E-state index in [9.17, 15) is 4.79 Å². The number of esters is 1. The third-order valence-electron chi connectivity index (χ3n) is 7.99. The van der Waals surface area contributed by atoms with Gasteiger partial charge in [0.25, 0.3) is 8.32 Å². The predicted molar refractivity (Wildman–Crippen MR) is 167 cm³/mol. The van der Waals surface area contributed by atoms with Crippen LogP contribution in [0.25, 0.3) is 0 Å². The summed E-state index contributed by atoms with van der Waals surface area (Å²) in [5.74, 6) is 0.594. The molecule has 1 aliphatic rings. The monoisotopic (exact) mass is 572 g/mol. The van der Waals surface area contributed by atoms with Crippen LogP contribution in [0.2, 0.25) is 5.04 Å². The van der Waals surface area contributed by atoms with Crippen LogP contribution in [0.3, 0.4) is 0 Å². The largest absolute Gasteiger partial charge is 0.497 e. The lowest BCUT2D eigenvalue weighted by atomic mass is 9.96. The Morgan fingerprint density at radius 2 is 1.49 bits per heavy atom. The van der Waals surface area contributed by atoms with E-state index in [0.29, 0.717) is 13.2 Å². The SMILES string of the molecule is COc1ccc(CO[C@H]2CC(=O)O[C@@H]([C@H](C)CO[Si](c3ccccc3)(c3ccccc3)C(C)(C)C)C=C[C@@H]2C)cc1. The average Bonchev–Trinajstić information content (AvgIpc) is 2.97. The lowest BCUT2D eigenvalue weighted by Crippen LogP contribution is -2.67. The molecule has 6 heteroatoms. The lowest BCUT2D eigenvalue weighted by Gasteiger charge is -2.44. The van der Waals surface area contributed by atoms with Crippen molar-refractivity contribution in [3.8, 4) is 5.75 Å². The van der Waals surface area contributed by atoms with E-state index in [4.69, 9.17) is 18.6 Å². The average molecular weight is 573 g/mol. The Balaban J connectivity index is 1.49. The Morgan fingerprint density at radius 3 is 2.02 bits per heavy atom. The maximum Gasteiger partial charge on any atom is 0.309 e. The van der Waals surface area contributed by atoms with Gasteiger partial charge in [-0.2, -0.15) is 0 Å². The molecule has 1 heterocycles. The van der Waals surface area contributed by atoms with E-state index in [2.05, 4.69) is 89.2 Å². The molecule has 0 amide bonds. The first-order valence-electron chi connectivity index (χ1n) is 14.5. The normalized spacial score (nSPS) is 20.5. The second kappa shape index (κ2) is 13.6. The highest BCUT2D eigenvalue weighted by atomic mass is 28.4. The van der Waals surface area contributed by atoms with Gasteiger partial charge in [-0.15, -0.1) is 0 Å². The molecule has 0 aromatic heterocycles. The van der Waals surface area contributed by atoms with Crippen LogP contribution in [-0.4, -0.2) is 40.2 Å². The summed E-state index contributed by atoms with van der Waals surface area (Å²) in [6.45, 7) is 11.9. The van der Waals surface area contributed by atoms with Gasteiger partial charge in [-0.05, 0) is 39.2 Å². The Hall–Kier alpha value is -3.19. The van der Waals surface area contributed by atoms with Gasteiger partial charge in [-0.3, -0.25) is 4.79 Å². The van der Waals surface area contributed by atoms with E-state index in [-0.39, 0.29) is 41.5 Å². The van der Waals surface area contributed by atoms with E-state index in [1.54, 1.807) is 7.11 Å². The summed E-state index contributed by atoms with van der Waals surface area (Å²) in [6.07, 6.45) is 3.72. The van der Waals surface area contributed by atoms with Crippen molar-refractivity contribution in [3.63, 3.8) is 0 Å². The van der Waals surface area contributed by atoms with Gasteiger partial charge < -0.3 is 18.6 Å². The Kier molecular flexibility index (Phi) is 10.2. The molecule has 1 aliphatic heterocycles. The van der Waals surface area contributed by atoms with Crippen LogP contribution in [-0.2, 0) is 25.3 Å². The molecule has 218 valence electrons. The minimum atomic E-state index is -2.68. The number of carbonyl (C=O) groups excluding carboxylic acids is 1. The molecule has 0 saturated heterocycles. The van der Waals surface area contributed by atoms with E-state index < -0.39 is 8.32 Å². The molecular weight excluding hydrogens is 528 g/mol. The van der Waals surface area contributed by atoms with Crippen molar-refractivity contribution in [2.45, 2.75) is 64.9 Å². The number of benzene rings is 3. The molecule has 0 radical (unpaired) electrons. The third-order valence-corrected chi connectivity index (χ3v) is 13.0. The second-order valence-electron chi connectivity index (χ2n) is 12.1. The highest BCUT2D eigenvalue weighted by Crippen LogP contribution is 2.37. The molecule has 0 N–H and O–H groups in total. The van der Waals surface area contributed by atoms with Gasteiger partial charge >= 0.3 is 5.97 Å². The Bertz CT molecular complexity index is 1230. The summed E-state index contributed by atoms with van der Waals surface area (Å²) in [5.41, 5.74) is 1.03. The van der Waals surface area contributed by atoms with Crippen LogP contribution in [0.4, 0.5) is 0 Å². The van der Waals surface area contributed by atoms with E-state index in [0.717, 1.165) is 11.3 Å². The maximum atomic E-state index is 13.0. The molecule has 0 aliphatic carbocycles. The topological polar surface area (TPSA) is 54.0 Å². The first kappa shape index (κ1) is 30.8. The van der Waals surface area contributed by atoms with Gasteiger partial charge in [0.1, 0.15) is 11.9 Å². The van der Waals surface area contributed by atoms with Gasteiger partial charge in [0, 0.05) is 18.4 Å². The Morgan fingerprint density at radius 1 is 0.902 bits per heavy atom. The minimum absolute atomic E-state index is 0.0270. The molecule has 4 atom stereocenters. The van der Waals surface area contributed by atoms with Crippen molar-refractivity contribution in [1.82, 2.24) is 0 Å². The standard InChI is InChI=1S/C35H44O5Si/c1-26-17-22-32(40-34(36)23-33(26)38-25-28-18-20-29(37-6)21-19-28)27(2)24-39-41(35(3,4)5,30-13-9-7-10-14-30)31-15-11-8-12-16-31/h7-22,26-27,32-33H,23-25H2,1-6H3/t26-,27+,32+,33-/m0/s1. The number of methoxy groups -OCH3 is 1.